The number of carbonyl (C=O) groups is 2. The summed E-state index contributed by atoms with van der Waals surface area (Å²) in [7, 11) is 0. The Hall–Kier alpha value is -1.10. The zero-order chi connectivity index (χ0) is 15.2. The summed E-state index contributed by atoms with van der Waals surface area (Å²) >= 11 is 0. The van der Waals surface area contributed by atoms with E-state index in [-0.39, 0.29) is 36.0 Å². The lowest BCUT2D eigenvalue weighted by Gasteiger charge is -2.33. The molecule has 0 heterocycles. The molecule has 0 rings (SSSR count). The van der Waals surface area contributed by atoms with E-state index in [1.54, 1.807) is 13.8 Å². The van der Waals surface area contributed by atoms with Gasteiger partial charge in [0, 0.05) is 11.6 Å². The van der Waals surface area contributed by atoms with Crippen LogP contribution in [0.5, 0.6) is 0 Å². The third kappa shape index (κ3) is 7.15. The molecule has 5 heteroatoms. The highest BCUT2D eigenvalue weighted by molar-refractivity contribution is 5.83. The molecule has 0 aliphatic heterocycles. The Kier molecular flexibility index (Phi) is 7.05. The number of amides is 1. The first-order chi connectivity index (χ1) is 8.58. The van der Waals surface area contributed by atoms with Crippen LogP contribution in [0.1, 0.15) is 48.5 Å². The van der Waals surface area contributed by atoms with Crippen LogP contribution in [0.4, 0.5) is 0 Å². The van der Waals surface area contributed by atoms with Crippen molar-refractivity contribution in [3.63, 3.8) is 0 Å². The van der Waals surface area contributed by atoms with E-state index in [1.807, 2.05) is 39.5 Å². The normalized spacial score (nSPS) is 13.5. The second-order valence-corrected chi connectivity index (χ2v) is 5.99. The summed E-state index contributed by atoms with van der Waals surface area (Å²) in [6, 6.07) is -0.284. The van der Waals surface area contributed by atoms with Crippen LogP contribution < -0.4 is 5.32 Å². The van der Waals surface area contributed by atoms with Crippen molar-refractivity contribution >= 4 is 11.9 Å². The molecule has 0 bridgehead atoms. The van der Waals surface area contributed by atoms with Crippen molar-refractivity contribution < 1.29 is 14.3 Å². The van der Waals surface area contributed by atoms with E-state index in [9.17, 15) is 9.59 Å². The third-order valence-corrected chi connectivity index (χ3v) is 2.66. The first-order valence-electron chi connectivity index (χ1n) is 6.82. The molecule has 1 N–H and O–H groups in total. The van der Waals surface area contributed by atoms with Gasteiger partial charge in [-0.05, 0) is 48.5 Å². The number of esters is 1. The molecule has 0 fully saturated rings. The van der Waals surface area contributed by atoms with Gasteiger partial charge in [0.05, 0.1) is 19.2 Å². The van der Waals surface area contributed by atoms with Crippen LogP contribution in [0.2, 0.25) is 0 Å². The molecule has 1 atom stereocenters. The summed E-state index contributed by atoms with van der Waals surface area (Å²) in [6.45, 7) is 13.8. The Morgan fingerprint density at radius 1 is 1.21 bits per heavy atom. The Labute approximate surface area is 116 Å². The number of rotatable bonds is 6. The van der Waals surface area contributed by atoms with Crippen molar-refractivity contribution in [1.29, 1.82) is 0 Å². The lowest BCUT2D eigenvalue weighted by Crippen LogP contribution is -2.54. The summed E-state index contributed by atoms with van der Waals surface area (Å²) in [6.07, 6.45) is 0. The van der Waals surface area contributed by atoms with Crippen molar-refractivity contribution in [3.05, 3.63) is 0 Å². The molecule has 5 nitrogen and oxygen atoms in total. The van der Waals surface area contributed by atoms with Crippen LogP contribution in [-0.4, -0.2) is 47.6 Å². The van der Waals surface area contributed by atoms with Crippen LogP contribution in [-0.2, 0) is 14.3 Å². The van der Waals surface area contributed by atoms with Crippen LogP contribution >= 0.6 is 0 Å². The Morgan fingerprint density at radius 3 is 2.11 bits per heavy atom. The van der Waals surface area contributed by atoms with Crippen LogP contribution in [0.15, 0.2) is 0 Å². The largest absolute Gasteiger partial charge is 0.465 e. The summed E-state index contributed by atoms with van der Waals surface area (Å²) in [5.74, 6) is -0.378. The number of ether oxygens (including phenoxy) is 1. The maximum Gasteiger partial charge on any atom is 0.320 e. The van der Waals surface area contributed by atoms with Crippen LogP contribution in [0.25, 0.3) is 0 Å². The number of nitrogens with one attached hydrogen (secondary N) is 1. The maximum atomic E-state index is 12.1. The van der Waals surface area contributed by atoms with Gasteiger partial charge in [0.15, 0.2) is 0 Å². The first kappa shape index (κ1) is 17.9. The van der Waals surface area contributed by atoms with Crippen molar-refractivity contribution in [2.75, 3.05) is 13.2 Å². The van der Waals surface area contributed by atoms with E-state index < -0.39 is 0 Å². The second kappa shape index (κ2) is 7.48. The minimum absolute atomic E-state index is 0.0782. The Bertz CT molecular complexity index is 308. The van der Waals surface area contributed by atoms with Gasteiger partial charge in [0.1, 0.15) is 0 Å². The first-order valence-corrected chi connectivity index (χ1v) is 6.82. The van der Waals surface area contributed by atoms with Crippen molar-refractivity contribution in [1.82, 2.24) is 10.2 Å². The average molecular weight is 272 g/mol. The minimum atomic E-state index is -0.372. The molecular formula is C14H28N2O3. The number of nitrogens with zero attached hydrogens (tertiary/aromatic N) is 1. The zero-order valence-electron chi connectivity index (χ0n) is 13.2. The van der Waals surface area contributed by atoms with Crippen molar-refractivity contribution in [3.8, 4) is 0 Å². The third-order valence-electron chi connectivity index (χ3n) is 2.66. The lowest BCUT2D eigenvalue weighted by molar-refractivity contribution is -0.146. The summed E-state index contributed by atoms with van der Waals surface area (Å²) < 4.78 is 4.94. The predicted octanol–water partition coefficient (Wildman–Crippen LogP) is 1.56. The van der Waals surface area contributed by atoms with Gasteiger partial charge in [0.25, 0.3) is 0 Å². The topological polar surface area (TPSA) is 58.6 Å². The van der Waals surface area contributed by atoms with E-state index in [1.165, 1.54) is 0 Å². The minimum Gasteiger partial charge on any atom is -0.465 e. The maximum absolute atomic E-state index is 12.1. The van der Waals surface area contributed by atoms with Gasteiger partial charge in [-0.2, -0.15) is 0 Å². The van der Waals surface area contributed by atoms with E-state index in [4.69, 9.17) is 4.74 Å². The van der Waals surface area contributed by atoms with Gasteiger partial charge in [-0.3, -0.25) is 14.5 Å². The van der Waals surface area contributed by atoms with Crippen molar-refractivity contribution in [2.24, 2.45) is 0 Å². The van der Waals surface area contributed by atoms with Crippen molar-refractivity contribution in [2.45, 2.75) is 66.1 Å². The molecule has 0 aromatic carbocycles. The van der Waals surface area contributed by atoms with Gasteiger partial charge in [-0.25, -0.2) is 0 Å². The molecule has 0 saturated carbocycles. The number of carbonyl (C=O) groups excluding carboxylic acids is 2. The van der Waals surface area contributed by atoms with Gasteiger partial charge >= 0.3 is 5.97 Å². The summed E-state index contributed by atoms with van der Waals surface area (Å²) in [5.41, 5.74) is -0.280. The molecule has 0 aliphatic carbocycles. The van der Waals surface area contributed by atoms with Crippen LogP contribution in [0.3, 0.4) is 0 Å². The number of hydrogen-bond donors (Lipinski definition) is 1. The standard InChI is InChI=1S/C14H28N2O3/c1-8-19-12(17)9-16(10(2)3)11(4)13(18)15-14(5,6)7/h10-11H,8-9H2,1-7H3,(H,15,18). The Balaban J connectivity index is 4.70. The molecule has 112 valence electrons. The van der Waals surface area contributed by atoms with E-state index >= 15 is 0 Å². The molecule has 0 spiro atoms. The highest BCUT2D eigenvalue weighted by Gasteiger charge is 2.28. The number of hydrogen-bond acceptors (Lipinski definition) is 4. The molecule has 1 amide bonds. The monoisotopic (exact) mass is 272 g/mol. The summed E-state index contributed by atoms with van der Waals surface area (Å²) in [5, 5.41) is 2.93. The molecule has 0 saturated heterocycles. The van der Waals surface area contributed by atoms with E-state index in [2.05, 4.69) is 5.32 Å². The molecule has 0 aliphatic rings. The van der Waals surface area contributed by atoms with Gasteiger partial charge < -0.3 is 10.1 Å². The highest BCUT2D eigenvalue weighted by atomic mass is 16.5. The molecule has 0 radical (unpaired) electrons. The zero-order valence-corrected chi connectivity index (χ0v) is 13.2. The van der Waals surface area contributed by atoms with E-state index in [0.29, 0.717) is 6.61 Å². The molecule has 0 aromatic rings. The predicted molar refractivity (Wildman–Crippen MR) is 75.8 cm³/mol. The molecular weight excluding hydrogens is 244 g/mol. The summed E-state index contributed by atoms with van der Waals surface area (Å²) in [4.78, 5) is 25.5. The average Bonchev–Trinajstić information content (AvgIpc) is 2.22. The quantitative estimate of drug-likeness (QED) is 0.746. The highest BCUT2D eigenvalue weighted by Crippen LogP contribution is 2.08. The molecule has 19 heavy (non-hydrogen) atoms. The fourth-order valence-corrected chi connectivity index (χ4v) is 1.75. The van der Waals surface area contributed by atoms with Gasteiger partial charge in [0.2, 0.25) is 5.91 Å². The molecule has 1 unspecified atom stereocenters. The SMILES string of the molecule is CCOC(=O)CN(C(C)C)C(C)C(=O)NC(C)(C)C. The van der Waals surface area contributed by atoms with Gasteiger partial charge in [-0.1, -0.05) is 0 Å². The second-order valence-electron chi connectivity index (χ2n) is 5.99. The van der Waals surface area contributed by atoms with Crippen LogP contribution in [0, 0.1) is 0 Å². The fraction of sp³-hybridized carbons (Fsp3) is 0.857. The lowest BCUT2D eigenvalue weighted by atomic mass is 10.1. The van der Waals surface area contributed by atoms with E-state index in [0.717, 1.165) is 0 Å². The smallest absolute Gasteiger partial charge is 0.320 e. The Morgan fingerprint density at radius 2 is 1.74 bits per heavy atom. The fourth-order valence-electron chi connectivity index (χ4n) is 1.75. The molecule has 0 aromatic heterocycles. The van der Waals surface area contributed by atoms with Gasteiger partial charge in [-0.15, -0.1) is 0 Å².